The number of aliphatic carboxylic acids is 2. The van der Waals surface area contributed by atoms with Gasteiger partial charge in [-0.3, -0.25) is 24.0 Å². The Bertz CT molecular complexity index is 921. The number of carboxylic acid groups (broad SMARTS) is 2. The van der Waals surface area contributed by atoms with Gasteiger partial charge in [0.2, 0.25) is 23.6 Å². The van der Waals surface area contributed by atoms with Crippen LogP contribution in [0.2, 0.25) is 0 Å². The van der Waals surface area contributed by atoms with Gasteiger partial charge in [-0.2, -0.15) is 0 Å². The number of H-pyrrole nitrogens is 1. The van der Waals surface area contributed by atoms with Gasteiger partial charge in [-0.25, -0.2) is 9.78 Å². The minimum Gasteiger partial charge on any atom is -0.481 e. The lowest BCUT2D eigenvalue weighted by Crippen LogP contribution is -2.58. The van der Waals surface area contributed by atoms with Gasteiger partial charge >= 0.3 is 11.9 Å². The number of nitrogens with one attached hydrogen (secondary N) is 4. The van der Waals surface area contributed by atoms with Gasteiger partial charge in [0.05, 0.1) is 25.2 Å². The maximum Gasteiger partial charge on any atom is 0.326 e. The Balaban J connectivity index is 3.09. The summed E-state index contributed by atoms with van der Waals surface area (Å²) in [6, 6.07) is -5.63. The first-order valence-corrected chi connectivity index (χ1v) is 10.7. The average molecular weight is 498 g/mol. The van der Waals surface area contributed by atoms with Gasteiger partial charge in [0.1, 0.15) is 18.1 Å². The zero-order valence-electron chi connectivity index (χ0n) is 19.3. The van der Waals surface area contributed by atoms with Crippen LogP contribution in [0.4, 0.5) is 0 Å². The molecule has 10 N–H and O–H groups in total. The molecule has 15 nitrogen and oxygen atoms in total. The van der Waals surface area contributed by atoms with Crippen LogP contribution >= 0.6 is 0 Å². The van der Waals surface area contributed by atoms with Gasteiger partial charge in [-0.15, -0.1) is 0 Å². The summed E-state index contributed by atoms with van der Waals surface area (Å²) in [6.45, 7) is 3.60. The van der Waals surface area contributed by atoms with E-state index in [0.717, 1.165) is 0 Å². The fourth-order valence-electron chi connectivity index (χ4n) is 2.94. The normalized spacial score (nSPS) is 15.1. The van der Waals surface area contributed by atoms with Gasteiger partial charge < -0.3 is 42.6 Å². The summed E-state index contributed by atoms with van der Waals surface area (Å²) in [5, 5.41) is 24.7. The Kier molecular flexibility index (Phi) is 11.3. The van der Waals surface area contributed by atoms with E-state index >= 15 is 0 Å². The Morgan fingerprint density at radius 3 is 2.03 bits per heavy atom. The lowest BCUT2D eigenvalue weighted by molar-refractivity contribution is -0.147. The van der Waals surface area contributed by atoms with Crippen LogP contribution in [-0.2, 0) is 35.2 Å². The molecule has 0 aliphatic carbocycles. The van der Waals surface area contributed by atoms with E-state index in [0.29, 0.717) is 12.1 Å². The second-order valence-corrected chi connectivity index (χ2v) is 7.98. The zero-order valence-corrected chi connectivity index (χ0v) is 19.3. The molecule has 1 heterocycles. The quantitative estimate of drug-likeness (QED) is 0.123. The Hall–Kier alpha value is -4.01. The maximum absolute atomic E-state index is 13.0. The van der Waals surface area contributed by atoms with Gasteiger partial charge in [0.25, 0.3) is 0 Å². The first kappa shape index (κ1) is 29.0. The van der Waals surface area contributed by atoms with Crippen molar-refractivity contribution in [1.29, 1.82) is 0 Å². The lowest BCUT2D eigenvalue weighted by Gasteiger charge is -2.25. The molecule has 0 saturated heterocycles. The molecular formula is C20H31N7O8. The van der Waals surface area contributed by atoms with Crippen molar-refractivity contribution in [2.24, 2.45) is 17.4 Å². The van der Waals surface area contributed by atoms with Crippen molar-refractivity contribution in [1.82, 2.24) is 25.9 Å². The number of carboxylic acids is 2. The fourth-order valence-corrected chi connectivity index (χ4v) is 2.94. The number of aromatic amines is 1. The molecule has 194 valence electrons. The number of rotatable bonds is 15. The van der Waals surface area contributed by atoms with Crippen molar-refractivity contribution in [2.45, 2.75) is 63.7 Å². The van der Waals surface area contributed by atoms with Crippen LogP contribution in [0.25, 0.3) is 0 Å². The van der Waals surface area contributed by atoms with Crippen LogP contribution < -0.4 is 27.4 Å². The van der Waals surface area contributed by atoms with Gasteiger partial charge in [0.15, 0.2) is 0 Å². The molecule has 0 aromatic carbocycles. The molecule has 0 saturated carbocycles. The van der Waals surface area contributed by atoms with Crippen molar-refractivity contribution in [3.05, 3.63) is 18.2 Å². The van der Waals surface area contributed by atoms with Gasteiger partial charge in [-0.05, 0) is 5.92 Å². The molecule has 0 aliphatic rings. The smallest absolute Gasteiger partial charge is 0.326 e. The third-order valence-electron chi connectivity index (χ3n) is 5.20. The second-order valence-electron chi connectivity index (χ2n) is 7.98. The van der Waals surface area contributed by atoms with E-state index in [1.54, 1.807) is 6.92 Å². The highest BCUT2D eigenvalue weighted by atomic mass is 16.4. The summed E-state index contributed by atoms with van der Waals surface area (Å²) in [4.78, 5) is 78.4. The number of nitrogens with two attached hydrogens (primary N) is 2. The van der Waals surface area contributed by atoms with Crippen molar-refractivity contribution in [2.75, 3.05) is 0 Å². The molecule has 1 aromatic heterocycles. The molecule has 35 heavy (non-hydrogen) atoms. The summed E-state index contributed by atoms with van der Waals surface area (Å²) in [6.07, 6.45) is 1.64. The average Bonchev–Trinajstić information content (AvgIpc) is 3.28. The molecule has 5 unspecified atom stereocenters. The summed E-state index contributed by atoms with van der Waals surface area (Å²) < 4.78 is 0. The van der Waals surface area contributed by atoms with Crippen LogP contribution in [0.1, 0.15) is 38.8 Å². The second kappa shape index (κ2) is 13.6. The summed E-state index contributed by atoms with van der Waals surface area (Å²) in [7, 11) is 0. The van der Waals surface area contributed by atoms with Crippen molar-refractivity contribution < 1.29 is 39.0 Å². The lowest BCUT2D eigenvalue weighted by atomic mass is 9.98. The molecule has 0 spiro atoms. The van der Waals surface area contributed by atoms with E-state index in [4.69, 9.17) is 21.7 Å². The van der Waals surface area contributed by atoms with Crippen molar-refractivity contribution >= 4 is 35.6 Å². The number of aromatic nitrogens is 2. The van der Waals surface area contributed by atoms with Crippen LogP contribution in [0.3, 0.4) is 0 Å². The first-order valence-electron chi connectivity index (χ1n) is 10.7. The van der Waals surface area contributed by atoms with Crippen molar-refractivity contribution in [3.8, 4) is 0 Å². The van der Waals surface area contributed by atoms with Gasteiger partial charge in [0, 0.05) is 18.3 Å². The first-order chi connectivity index (χ1) is 16.3. The largest absolute Gasteiger partial charge is 0.481 e. The molecule has 1 rings (SSSR count). The van der Waals surface area contributed by atoms with Crippen LogP contribution in [0.15, 0.2) is 12.5 Å². The highest BCUT2D eigenvalue weighted by Gasteiger charge is 2.32. The minimum absolute atomic E-state index is 0.0769. The molecule has 5 atom stereocenters. The molecule has 4 amide bonds. The van der Waals surface area contributed by atoms with E-state index in [1.807, 2.05) is 12.2 Å². The Labute approximate surface area is 200 Å². The fraction of sp³-hybridized carbons (Fsp3) is 0.550. The molecule has 0 radical (unpaired) electrons. The standard InChI is InChI=1S/C20H31N7O8/c1-3-9(2)16(22)19(33)26-11(4-10-7-23-8-24-10)17(31)25-12(5-14(21)28)18(32)27-13(20(34)35)6-15(29)30/h7-9,11-13,16H,3-6,22H2,1-2H3,(H2,21,28)(H,23,24)(H,25,31)(H,26,33)(H,27,32)(H,29,30)(H,34,35). The van der Waals surface area contributed by atoms with E-state index in [-0.39, 0.29) is 12.3 Å². The molecule has 0 bridgehead atoms. The van der Waals surface area contributed by atoms with Gasteiger partial charge in [-0.1, -0.05) is 20.3 Å². The van der Waals surface area contributed by atoms with Crippen molar-refractivity contribution in [3.63, 3.8) is 0 Å². The SMILES string of the molecule is CCC(C)C(N)C(=O)NC(Cc1cnc[nH]1)C(=O)NC(CC(N)=O)C(=O)NC(CC(=O)O)C(=O)O. The number of hydrogen-bond donors (Lipinski definition) is 8. The molecule has 0 fully saturated rings. The monoisotopic (exact) mass is 497 g/mol. The van der Waals surface area contributed by atoms with E-state index < -0.39 is 72.6 Å². The number of nitrogens with zero attached hydrogens (tertiary/aromatic N) is 1. The highest BCUT2D eigenvalue weighted by molar-refractivity contribution is 5.96. The van der Waals surface area contributed by atoms with Crippen LogP contribution in [-0.4, -0.2) is 79.9 Å². The number of carbonyl (C=O) groups is 6. The topological polar surface area (TPSA) is 260 Å². The van der Waals surface area contributed by atoms with E-state index in [1.165, 1.54) is 12.5 Å². The summed E-state index contributed by atoms with van der Waals surface area (Å²) in [5.74, 6) is -6.97. The number of hydrogen-bond acceptors (Lipinski definition) is 8. The highest BCUT2D eigenvalue weighted by Crippen LogP contribution is 2.07. The Morgan fingerprint density at radius 1 is 0.971 bits per heavy atom. The summed E-state index contributed by atoms with van der Waals surface area (Å²) in [5.41, 5.74) is 11.6. The molecule has 0 aliphatic heterocycles. The zero-order chi connectivity index (χ0) is 26.7. The third kappa shape index (κ3) is 9.79. The summed E-state index contributed by atoms with van der Waals surface area (Å²) >= 11 is 0. The number of amides is 4. The molecule has 1 aromatic rings. The van der Waals surface area contributed by atoms with E-state index in [2.05, 4.69) is 20.6 Å². The predicted molar refractivity (Wildman–Crippen MR) is 119 cm³/mol. The predicted octanol–water partition coefficient (Wildman–Crippen LogP) is -2.79. The van der Waals surface area contributed by atoms with Crippen LogP contribution in [0.5, 0.6) is 0 Å². The Morgan fingerprint density at radius 2 is 1.54 bits per heavy atom. The minimum atomic E-state index is -1.82. The molecular weight excluding hydrogens is 466 g/mol. The molecule has 15 heteroatoms. The van der Waals surface area contributed by atoms with E-state index in [9.17, 15) is 28.8 Å². The van der Waals surface area contributed by atoms with Crippen LogP contribution in [0, 0.1) is 5.92 Å². The number of primary amides is 1. The maximum atomic E-state index is 13.0. The third-order valence-corrected chi connectivity index (χ3v) is 5.20. The number of carbonyl (C=O) groups excluding carboxylic acids is 4. The number of imidazole rings is 1.